The van der Waals surface area contributed by atoms with Crippen LogP contribution in [-0.4, -0.2) is 34.9 Å². The summed E-state index contributed by atoms with van der Waals surface area (Å²) >= 11 is 1.23. The fourth-order valence-corrected chi connectivity index (χ4v) is 3.81. The maximum Gasteiger partial charge on any atom is 0.277 e. The van der Waals surface area contributed by atoms with Crippen molar-refractivity contribution >= 4 is 29.0 Å². The van der Waals surface area contributed by atoms with Crippen LogP contribution in [0.1, 0.15) is 18.4 Å². The maximum atomic E-state index is 12.2. The first-order valence-electron chi connectivity index (χ1n) is 9.36. The van der Waals surface area contributed by atoms with E-state index in [-0.39, 0.29) is 11.7 Å². The molecule has 4 rings (SSSR count). The van der Waals surface area contributed by atoms with E-state index in [4.69, 9.17) is 4.42 Å². The van der Waals surface area contributed by atoms with E-state index < -0.39 is 0 Å². The summed E-state index contributed by atoms with van der Waals surface area (Å²) in [7, 11) is 0. The van der Waals surface area contributed by atoms with E-state index in [0.717, 1.165) is 29.9 Å². The first-order valence-corrected chi connectivity index (χ1v) is 10.3. The van der Waals surface area contributed by atoms with Gasteiger partial charge < -0.3 is 14.6 Å². The molecule has 0 radical (unpaired) electrons. The van der Waals surface area contributed by atoms with Gasteiger partial charge in [-0.2, -0.15) is 0 Å². The minimum Gasteiger partial charge on any atom is -0.411 e. The second kappa shape index (κ2) is 8.48. The van der Waals surface area contributed by atoms with Gasteiger partial charge >= 0.3 is 0 Å². The van der Waals surface area contributed by atoms with Gasteiger partial charge in [-0.05, 0) is 55.7 Å². The van der Waals surface area contributed by atoms with Crippen molar-refractivity contribution < 1.29 is 9.21 Å². The molecule has 3 aromatic rings. The lowest BCUT2D eigenvalue weighted by molar-refractivity contribution is -0.113. The van der Waals surface area contributed by atoms with Gasteiger partial charge in [0, 0.05) is 30.0 Å². The molecule has 0 aliphatic carbocycles. The third-order valence-corrected chi connectivity index (χ3v) is 5.55. The van der Waals surface area contributed by atoms with Crippen LogP contribution in [0.4, 0.5) is 11.4 Å². The molecule has 1 fully saturated rings. The Balaban J connectivity index is 1.30. The third-order valence-electron chi connectivity index (χ3n) is 4.73. The third kappa shape index (κ3) is 4.36. The van der Waals surface area contributed by atoms with Crippen molar-refractivity contribution in [3.63, 3.8) is 0 Å². The molecule has 28 heavy (non-hydrogen) atoms. The highest BCUT2D eigenvalue weighted by atomic mass is 32.2. The van der Waals surface area contributed by atoms with Crippen LogP contribution >= 0.6 is 11.8 Å². The lowest BCUT2D eigenvalue weighted by Gasteiger charge is -2.17. The fourth-order valence-electron chi connectivity index (χ4n) is 3.25. The average molecular weight is 395 g/mol. The number of hydrogen-bond donors (Lipinski definition) is 1. The molecule has 1 saturated heterocycles. The van der Waals surface area contributed by atoms with Crippen LogP contribution in [0.15, 0.2) is 58.2 Å². The SMILES string of the molecule is Cc1ccccc1-c1nnc(SCC(=O)Nc2ccc(N3CCCC3)cc2)o1. The Bertz CT molecular complexity index is 949. The van der Waals surface area contributed by atoms with E-state index in [1.165, 1.54) is 30.3 Å². The number of benzene rings is 2. The molecule has 1 N–H and O–H groups in total. The van der Waals surface area contributed by atoms with Crippen molar-refractivity contribution in [3.05, 3.63) is 54.1 Å². The van der Waals surface area contributed by atoms with Gasteiger partial charge in [0.05, 0.1) is 5.75 Å². The molecule has 6 nitrogen and oxygen atoms in total. The highest BCUT2D eigenvalue weighted by Gasteiger charge is 2.14. The van der Waals surface area contributed by atoms with Crippen molar-refractivity contribution in [1.29, 1.82) is 0 Å². The van der Waals surface area contributed by atoms with Crippen LogP contribution in [-0.2, 0) is 4.79 Å². The Morgan fingerprint density at radius 1 is 1.11 bits per heavy atom. The standard InChI is InChI=1S/C21H22N4O2S/c1-15-6-2-3-7-18(15)20-23-24-21(27-20)28-14-19(26)22-16-8-10-17(11-9-16)25-12-4-5-13-25/h2-3,6-11H,4-5,12-14H2,1H3,(H,22,26). The summed E-state index contributed by atoms with van der Waals surface area (Å²) in [5.41, 5.74) is 3.97. The summed E-state index contributed by atoms with van der Waals surface area (Å²) in [4.78, 5) is 14.6. The molecule has 1 aliphatic rings. The summed E-state index contributed by atoms with van der Waals surface area (Å²) in [6.07, 6.45) is 2.49. The van der Waals surface area contributed by atoms with Crippen LogP contribution in [0, 0.1) is 6.92 Å². The predicted octanol–water partition coefficient (Wildman–Crippen LogP) is 4.38. The van der Waals surface area contributed by atoms with Crippen molar-refractivity contribution in [3.8, 4) is 11.5 Å². The summed E-state index contributed by atoms with van der Waals surface area (Å²) in [6.45, 7) is 4.21. The molecule has 0 unspecified atom stereocenters. The fraction of sp³-hybridized carbons (Fsp3) is 0.286. The number of thioether (sulfide) groups is 1. The number of nitrogens with zero attached hydrogens (tertiary/aromatic N) is 3. The highest BCUT2D eigenvalue weighted by molar-refractivity contribution is 7.99. The van der Waals surface area contributed by atoms with Crippen molar-refractivity contribution in [2.24, 2.45) is 0 Å². The van der Waals surface area contributed by atoms with Crippen LogP contribution < -0.4 is 10.2 Å². The molecule has 2 aromatic carbocycles. The molecular weight excluding hydrogens is 372 g/mol. The zero-order chi connectivity index (χ0) is 19.3. The molecule has 0 spiro atoms. The normalized spacial score (nSPS) is 13.7. The van der Waals surface area contributed by atoms with Gasteiger partial charge in [-0.1, -0.05) is 30.0 Å². The lowest BCUT2D eigenvalue weighted by atomic mass is 10.1. The monoisotopic (exact) mass is 394 g/mol. The van der Waals surface area contributed by atoms with Crippen molar-refractivity contribution in [2.75, 3.05) is 29.1 Å². The zero-order valence-corrected chi connectivity index (χ0v) is 16.5. The Morgan fingerprint density at radius 2 is 1.86 bits per heavy atom. The molecule has 144 valence electrons. The van der Waals surface area contributed by atoms with Crippen molar-refractivity contribution in [2.45, 2.75) is 25.0 Å². The molecule has 1 aromatic heterocycles. The lowest BCUT2D eigenvalue weighted by Crippen LogP contribution is -2.18. The van der Waals surface area contributed by atoms with Crippen molar-refractivity contribution in [1.82, 2.24) is 10.2 Å². The average Bonchev–Trinajstić information content (AvgIpc) is 3.40. The second-order valence-corrected chi connectivity index (χ2v) is 7.69. The highest BCUT2D eigenvalue weighted by Crippen LogP contribution is 2.26. The molecule has 0 atom stereocenters. The summed E-state index contributed by atoms with van der Waals surface area (Å²) in [6, 6.07) is 15.8. The molecule has 1 amide bonds. The van der Waals surface area contributed by atoms with E-state index in [1.54, 1.807) is 0 Å². The zero-order valence-electron chi connectivity index (χ0n) is 15.7. The Morgan fingerprint density at radius 3 is 2.61 bits per heavy atom. The number of aromatic nitrogens is 2. The Hall–Kier alpha value is -2.80. The van der Waals surface area contributed by atoms with Crippen LogP contribution in [0.3, 0.4) is 0 Å². The van der Waals surface area contributed by atoms with E-state index >= 15 is 0 Å². The maximum absolute atomic E-state index is 12.2. The van der Waals surface area contributed by atoms with Gasteiger partial charge in [-0.15, -0.1) is 10.2 Å². The number of carbonyl (C=O) groups excluding carboxylic acids is 1. The minimum atomic E-state index is -0.102. The second-order valence-electron chi connectivity index (χ2n) is 6.77. The number of anilines is 2. The number of amides is 1. The van der Waals surface area contributed by atoms with Crippen LogP contribution in [0.2, 0.25) is 0 Å². The molecule has 0 bridgehead atoms. The summed E-state index contributed by atoms with van der Waals surface area (Å²) in [5.74, 6) is 0.580. The summed E-state index contributed by atoms with van der Waals surface area (Å²) < 4.78 is 5.68. The van der Waals surface area contributed by atoms with Gasteiger partial charge in [0.2, 0.25) is 11.8 Å². The van der Waals surface area contributed by atoms with Crippen LogP contribution in [0.5, 0.6) is 0 Å². The predicted molar refractivity (Wildman–Crippen MR) is 112 cm³/mol. The number of carbonyl (C=O) groups is 1. The van der Waals surface area contributed by atoms with Gasteiger partial charge in [0.15, 0.2) is 0 Å². The van der Waals surface area contributed by atoms with Gasteiger partial charge in [0.1, 0.15) is 0 Å². The van der Waals surface area contributed by atoms with Gasteiger partial charge in [0.25, 0.3) is 5.22 Å². The topological polar surface area (TPSA) is 71.3 Å². The molecule has 7 heteroatoms. The largest absolute Gasteiger partial charge is 0.411 e. The number of hydrogen-bond acceptors (Lipinski definition) is 6. The smallest absolute Gasteiger partial charge is 0.277 e. The molecule has 0 saturated carbocycles. The number of nitrogens with one attached hydrogen (secondary N) is 1. The Kier molecular flexibility index (Phi) is 5.62. The molecule has 1 aliphatic heterocycles. The molecular formula is C21H22N4O2S. The quantitative estimate of drug-likeness (QED) is 0.626. The Labute approximate surface area is 168 Å². The first kappa shape index (κ1) is 18.6. The number of rotatable bonds is 6. The van der Waals surface area contributed by atoms with Gasteiger partial charge in [-0.25, -0.2) is 0 Å². The van der Waals surface area contributed by atoms with E-state index in [9.17, 15) is 4.79 Å². The minimum absolute atomic E-state index is 0.102. The molecule has 2 heterocycles. The van der Waals surface area contributed by atoms with Crippen LogP contribution in [0.25, 0.3) is 11.5 Å². The van der Waals surface area contributed by atoms with E-state index in [0.29, 0.717) is 11.1 Å². The number of aryl methyl sites for hydroxylation is 1. The summed E-state index contributed by atoms with van der Waals surface area (Å²) in [5, 5.41) is 11.4. The van der Waals surface area contributed by atoms with Gasteiger partial charge in [-0.3, -0.25) is 4.79 Å². The van der Waals surface area contributed by atoms with E-state index in [1.807, 2.05) is 43.3 Å². The van der Waals surface area contributed by atoms with E-state index in [2.05, 4.69) is 32.5 Å². The first-order chi connectivity index (χ1) is 13.7.